The Morgan fingerprint density at radius 3 is 2.86 bits per heavy atom. The normalized spacial score (nSPS) is 35.0. The molecule has 3 nitrogen and oxygen atoms in total. The van der Waals surface area contributed by atoms with E-state index in [-0.39, 0.29) is 11.6 Å². The van der Waals surface area contributed by atoms with Gasteiger partial charge in [-0.05, 0) is 17.2 Å². The molecule has 1 fully saturated rings. The van der Waals surface area contributed by atoms with Crippen molar-refractivity contribution in [1.29, 1.82) is 0 Å². The molecule has 3 aliphatic carbocycles. The van der Waals surface area contributed by atoms with E-state index in [1.807, 2.05) is 48.6 Å². The number of ketones is 2. The van der Waals surface area contributed by atoms with Gasteiger partial charge in [-0.15, -0.1) is 0 Å². The van der Waals surface area contributed by atoms with Crippen molar-refractivity contribution in [3.63, 3.8) is 0 Å². The van der Waals surface area contributed by atoms with E-state index in [0.717, 1.165) is 11.1 Å². The molecular weight excluding hydrogens is 264 g/mol. The predicted molar refractivity (Wildman–Crippen MR) is 76.0 cm³/mol. The number of fused-ring (bicyclic) bond motifs is 1. The van der Waals surface area contributed by atoms with Gasteiger partial charge in [-0.1, -0.05) is 42.5 Å². The van der Waals surface area contributed by atoms with Crippen LogP contribution < -0.4 is 0 Å². The summed E-state index contributed by atoms with van der Waals surface area (Å²) in [7, 11) is 0. The molecule has 1 heterocycles. The predicted octanol–water partition coefficient (Wildman–Crippen LogP) is 2.33. The highest BCUT2D eigenvalue weighted by Crippen LogP contribution is 2.63. The molecule has 2 unspecified atom stereocenters. The minimum Gasteiger partial charge on any atom is -0.344 e. The third-order valence-electron chi connectivity index (χ3n) is 4.98. The van der Waals surface area contributed by atoms with Crippen LogP contribution in [0, 0.1) is 0 Å². The van der Waals surface area contributed by atoms with E-state index in [4.69, 9.17) is 4.74 Å². The number of hydrogen-bond donors (Lipinski definition) is 0. The van der Waals surface area contributed by atoms with Crippen LogP contribution in [0.2, 0.25) is 0 Å². The fraction of sp³-hybridized carbons (Fsp3) is 0.222. The van der Waals surface area contributed by atoms with Crippen LogP contribution in [0.15, 0.2) is 59.7 Å². The average Bonchev–Trinajstić information content (AvgIpc) is 3.18. The zero-order valence-electron chi connectivity index (χ0n) is 11.3. The van der Waals surface area contributed by atoms with E-state index in [1.165, 1.54) is 0 Å². The standard InChI is InChI=1S/C18H12O3/c19-14-7-3-5-11-8-9-17-10-12-4-1-2-6-13(12)16(20)18(17,21-17)15(11)14/h1-6,8-9H,7,10H2. The SMILES string of the molecule is O=C1CC=CC2=C1C13OC1(C=C2)Cc1ccccc1C3=O. The van der Waals surface area contributed by atoms with Crippen LogP contribution >= 0.6 is 0 Å². The van der Waals surface area contributed by atoms with E-state index in [9.17, 15) is 9.59 Å². The summed E-state index contributed by atoms with van der Waals surface area (Å²) in [6, 6.07) is 7.59. The molecule has 0 spiro atoms. The smallest absolute Gasteiger partial charge is 0.203 e. The minimum atomic E-state index is -1.06. The Labute approximate surface area is 121 Å². The fourth-order valence-electron chi connectivity index (χ4n) is 4.00. The fourth-order valence-corrected chi connectivity index (χ4v) is 4.00. The highest BCUT2D eigenvalue weighted by Gasteiger charge is 2.78. The molecule has 2 atom stereocenters. The summed E-state index contributed by atoms with van der Waals surface area (Å²) in [5.41, 5.74) is 1.38. The van der Waals surface area contributed by atoms with Gasteiger partial charge in [0, 0.05) is 24.0 Å². The molecule has 0 N–H and O–H groups in total. The summed E-state index contributed by atoms with van der Waals surface area (Å²) < 4.78 is 6.00. The number of carbonyl (C=O) groups is 2. The van der Waals surface area contributed by atoms with Crippen molar-refractivity contribution >= 4 is 11.6 Å². The molecule has 5 rings (SSSR count). The van der Waals surface area contributed by atoms with Gasteiger partial charge < -0.3 is 4.74 Å². The molecule has 0 amide bonds. The molecule has 1 aromatic rings. The zero-order valence-corrected chi connectivity index (χ0v) is 11.3. The molecule has 4 aliphatic rings. The summed E-state index contributed by atoms with van der Waals surface area (Å²) in [5, 5.41) is 0. The summed E-state index contributed by atoms with van der Waals surface area (Å²) in [5.74, 6) is -0.0590. The number of hydrogen-bond acceptors (Lipinski definition) is 3. The lowest BCUT2D eigenvalue weighted by Crippen LogP contribution is -2.45. The molecule has 3 heteroatoms. The topological polar surface area (TPSA) is 46.7 Å². The Bertz CT molecular complexity index is 827. The molecule has 0 bridgehead atoms. The maximum Gasteiger partial charge on any atom is 0.203 e. The summed E-state index contributed by atoms with van der Waals surface area (Å²) in [4.78, 5) is 25.4. The molecule has 21 heavy (non-hydrogen) atoms. The first kappa shape index (κ1) is 11.4. The van der Waals surface area contributed by atoms with E-state index < -0.39 is 11.2 Å². The Hall–Kier alpha value is -2.26. The van der Waals surface area contributed by atoms with Crippen LogP contribution in [0.25, 0.3) is 0 Å². The number of Topliss-reactive ketones (excluding diaryl/α,β-unsaturated/α-hetero) is 2. The third-order valence-corrected chi connectivity index (χ3v) is 4.98. The highest BCUT2D eigenvalue weighted by atomic mass is 16.6. The molecule has 0 radical (unpaired) electrons. The lowest BCUT2D eigenvalue weighted by atomic mass is 9.66. The second-order valence-corrected chi connectivity index (χ2v) is 6.03. The maximum absolute atomic E-state index is 13.0. The van der Waals surface area contributed by atoms with E-state index in [0.29, 0.717) is 24.0 Å². The Kier molecular flexibility index (Phi) is 1.80. The maximum atomic E-state index is 13.0. The highest BCUT2D eigenvalue weighted by molar-refractivity contribution is 6.19. The largest absolute Gasteiger partial charge is 0.344 e. The Morgan fingerprint density at radius 1 is 1.10 bits per heavy atom. The second-order valence-electron chi connectivity index (χ2n) is 6.03. The zero-order chi connectivity index (χ0) is 14.2. The molecule has 102 valence electrons. The molecule has 1 aromatic carbocycles. The van der Waals surface area contributed by atoms with E-state index in [1.54, 1.807) is 0 Å². The lowest BCUT2D eigenvalue weighted by Gasteiger charge is -2.29. The molecule has 0 aromatic heterocycles. The number of epoxide rings is 1. The third kappa shape index (κ3) is 1.12. The van der Waals surface area contributed by atoms with Crippen LogP contribution in [0.3, 0.4) is 0 Å². The van der Waals surface area contributed by atoms with E-state index in [2.05, 4.69) is 0 Å². The van der Waals surface area contributed by atoms with Crippen molar-refractivity contribution in [1.82, 2.24) is 0 Å². The number of ether oxygens (including phenoxy) is 1. The first-order valence-electron chi connectivity index (χ1n) is 7.15. The van der Waals surface area contributed by atoms with Crippen LogP contribution in [0.1, 0.15) is 22.3 Å². The number of allylic oxidation sites excluding steroid dienone is 4. The number of rotatable bonds is 0. The molecule has 0 saturated carbocycles. The van der Waals surface area contributed by atoms with E-state index >= 15 is 0 Å². The van der Waals surface area contributed by atoms with Gasteiger partial charge in [0.25, 0.3) is 0 Å². The summed E-state index contributed by atoms with van der Waals surface area (Å²) in [6.45, 7) is 0. The van der Waals surface area contributed by atoms with Gasteiger partial charge in [0.1, 0.15) is 5.60 Å². The first-order chi connectivity index (χ1) is 10.2. The molecule has 1 saturated heterocycles. The van der Waals surface area contributed by atoms with Crippen LogP contribution in [-0.4, -0.2) is 22.8 Å². The molecule has 1 aliphatic heterocycles. The first-order valence-corrected chi connectivity index (χ1v) is 7.15. The van der Waals surface area contributed by atoms with Gasteiger partial charge in [0.2, 0.25) is 5.78 Å². The van der Waals surface area contributed by atoms with Crippen molar-refractivity contribution in [2.45, 2.75) is 24.0 Å². The van der Waals surface area contributed by atoms with Crippen LogP contribution in [0.5, 0.6) is 0 Å². The number of benzene rings is 1. The van der Waals surface area contributed by atoms with Crippen molar-refractivity contribution in [3.8, 4) is 0 Å². The summed E-state index contributed by atoms with van der Waals surface area (Å²) >= 11 is 0. The van der Waals surface area contributed by atoms with Gasteiger partial charge >= 0.3 is 0 Å². The van der Waals surface area contributed by atoms with Gasteiger partial charge in [0.05, 0.1) is 0 Å². The van der Waals surface area contributed by atoms with Gasteiger partial charge in [0.15, 0.2) is 11.4 Å². The van der Waals surface area contributed by atoms with Gasteiger partial charge in [-0.25, -0.2) is 0 Å². The Balaban J connectivity index is 1.79. The van der Waals surface area contributed by atoms with Crippen molar-refractivity contribution in [3.05, 3.63) is 70.8 Å². The monoisotopic (exact) mass is 276 g/mol. The van der Waals surface area contributed by atoms with Crippen LogP contribution in [-0.2, 0) is 16.0 Å². The quantitative estimate of drug-likeness (QED) is 0.683. The Morgan fingerprint density at radius 2 is 1.95 bits per heavy atom. The van der Waals surface area contributed by atoms with Crippen molar-refractivity contribution < 1.29 is 14.3 Å². The number of carbonyl (C=O) groups excluding carboxylic acids is 2. The minimum absolute atomic E-state index is 0.00598. The lowest BCUT2D eigenvalue weighted by molar-refractivity contribution is -0.115. The average molecular weight is 276 g/mol. The van der Waals surface area contributed by atoms with Crippen molar-refractivity contribution in [2.24, 2.45) is 0 Å². The van der Waals surface area contributed by atoms with Crippen LogP contribution in [0.4, 0.5) is 0 Å². The second kappa shape index (κ2) is 3.31. The van der Waals surface area contributed by atoms with Gasteiger partial charge in [-0.3, -0.25) is 9.59 Å². The molecular formula is C18H12O3. The van der Waals surface area contributed by atoms with Crippen molar-refractivity contribution in [2.75, 3.05) is 0 Å². The van der Waals surface area contributed by atoms with Gasteiger partial charge in [-0.2, -0.15) is 0 Å². The summed E-state index contributed by atoms with van der Waals surface area (Å²) in [6.07, 6.45) is 8.65.